The average Bonchev–Trinajstić information content (AvgIpc) is 2.79. The topological polar surface area (TPSA) is 76.2 Å². The van der Waals surface area contributed by atoms with Crippen LogP contribution in [-0.4, -0.2) is 43.3 Å². The summed E-state index contributed by atoms with van der Waals surface area (Å²) in [6.45, 7) is 6.61. The molecule has 0 radical (unpaired) electrons. The van der Waals surface area contributed by atoms with Gasteiger partial charge in [0.2, 0.25) is 5.91 Å². The van der Waals surface area contributed by atoms with Gasteiger partial charge in [-0.05, 0) is 70.2 Å². The average molecular weight is 571 g/mol. The minimum absolute atomic E-state index is 0.0758. The molecule has 1 aliphatic heterocycles. The van der Waals surface area contributed by atoms with Crippen LogP contribution in [0.25, 0.3) is 0 Å². The van der Waals surface area contributed by atoms with Gasteiger partial charge in [0.15, 0.2) is 0 Å². The van der Waals surface area contributed by atoms with Crippen molar-refractivity contribution >= 4 is 52.5 Å². The largest absolute Gasteiger partial charge is 0.465 e. The van der Waals surface area contributed by atoms with Gasteiger partial charge in [0.05, 0.1) is 28.0 Å². The molecule has 1 unspecified atom stereocenters. The van der Waals surface area contributed by atoms with E-state index in [1.807, 2.05) is 0 Å². The lowest BCUT2D eigenvalue weighted by molar-refractivity contribution is -0.141. The Morgan fingerprint density at radius 1 is 1.13 bits per heavy atom. The second-order valence-electron chi connectivity index (χ2n) is 9.98. The van der Waals surface area contributed by atoms with Crippen LogP contribution in [0.4, 0.5) is 25.0 Å². The summed E-state index contributed by atoms with van der Waals surface area (Å²) in [5.41, 5.74) is -0.0613. The number of carbonyl (C=O) groups is 3. The first-order chi connectivity index (χ1) is 17.8. The van der Waals surface area contributed by atoms with Gasteiger partial charge in [-0.1, -0.05) is 29.3 Å². The zero-order chi connectivity index (χ0) is 28.2. The van der Waals surface area contributed by atoms with Gasteiger partial charge in [0.25, 0.3) is 0 Å². The first-order valence-electron chi connectivity index (χ1n) is 12.2. The number of nitrogens with zero attached hydrogens (tertiary/aromatic N) is 2. The van der Waals surface area contributed by atoms with Crippen molar-refractivity contribution in [1.82, 2.24) is 0 Å². The second kappa shape index (κ2) is 12.3. The molecule has 38 heavy (non-hydrogen) atoms. The number of amides is 2. The molecular formula is C27H30Cl2F2N2O5. The lowest BCUT2D eigenvalue weighted by Crippen LogP contribution is -2.42. The molecule has 3 rings (SSSR count). The van der Waals surface area contributed by atoms with E-state index in [0.717, 1.165) is 11.0 Å². The lowest BCUT2D eigenvalue weighted by Gasteiger charge is -2.34. The van der Waals surface area contributed by atoms with Crippen molar-refractivity contribution in [3.8, 4) is 0 Å². The predicted octanol–water partition coefficient (Wildman–Crippen LogP) is 6.56. The molecule has 1 fully saturated rings. The maximum Gasteiger partial charge on any atom is 0.415 e. The molecule has 2 aromatic carbocycles. The summed E-state index contributed by atoms with van der Waals surface area (Å²) in [5.74, 6) is -2.29. The molecule has 2 amide bonds. The highest BCUT2D eigenvalue weighted by Crippen LogP contribution is 2.40. The molecule has 0 N–H and O–H groups in total. The maximum absolute atomic E-state index is 14.2. The fourth-order valence-corrected chi connectivity index (χ4v) is 4.85. The zero-order valence-electron chi connectivity index (χ0n) is 21.7. The third kappa shape index (κ3) is 7.57. The molecule has 0 saturated carbocycles. The molecule has 0 spiro atoms. The quantitative estimate of drug-likeness (QED) is 0.352. The van der Waals surface area contributed by atoms with E-state index in [0.29, 0.717) is 18.4 Å². The van der Waals surface area contributed by atoms with E-state index in [1.165, 1.54) is 29.2 Å². The van der Waals surface area contributed by atoms with E-state index >= 15 is 0 Å². The van der Waals surface area contributed by atoms with E-state index in [4.69, 9.17) is 32.7 Å². The van der Waals surface area contributed by atoms with Gasteiger partial charge < -0.3 is 14.4 Å². The molecule has 0 bridgehead atoms. The standard InChI is InChI=1S/C27H30Cl2F2N2O5/c1-5-37-24(35)15-32(26(36)38-27(2,3)4)19-12-20(28)25(21(29)13-19)33-14-16(6-9-23(33)34)10-17-7-8-18(30)11-22(17)31/h7-8,11-13,16H,5-6,9-10,14-15H2,1-4H3. The minimum Gasteiger partial charge on any atom is -0.465 e. The second-order valence-corrected chi connectivity index (χ2v) is 10.8. The molecule has 1 aliphatic rings. The van der Waals surface area contributed by atoms with Gasteiger partial charge in [-0.25, -0.2) is 13.6 Å². The summed E-state index contributed by atoms with van der Waals surface area (Å²) in [6, 6.07) is 6.27. The number of rotatable bonds is 7. The Balaban J connectivity index is 1.89. The van der Waals surface area contributed by atoms with Crippen LogP contribution in [0.2, 0.25) is 10.0 Å². The van der Waals surface area contributed by atoms with E-state index in [-0.39, 0.29) is 52.8 Å². The van der Waals surface area contributed by atoms with Gasteiger partial charge in [-0.3, -0.25) is 14.5 Å². The van der Waals surface area contributed by atoms with Crippen LogP contribution in [0.15, 0.2) is 30.3 Å². The zero-order valence-corrected chi connectivity index (χ0v) is 23.2. The molecule has 1 saturated heterocycles. The van der Waals surface area contributed by atoms with E-state index in [1.54, 1.807) is 27.7 Å². The molecule has 1 heterocycles. The predicted molar refractivity (Wildman–Crippen MR) is 142 cm³/mol. The Hall–Kier alpha value is -2.91. The number of anilines is 2. The first-order valence-corrected chi connectivity index (χ1v) is 12.9. The number of piperidine rings is 1. The van der Waals surface area contributed by atoms with E-state index in [2.05, 4.69) is 0 Å². The van der Waals surface area contributed by atoms with Crippen molar-refractivity contribution < 1.29 is 32.6 Å². The summed E-state index contributed by atoms with van der Waals surface area (Å²) in [6.07, 6.45) is 0.205. The van der Waals surface area contributed by atoms with E-state index < -0.39 is 35.8 Å². The van der Waals surface area contributed by atoms with Crippen LogP contribution in [0.5, 0.6) is 0 Å². The normalized spacial score (nSPS) is 15.8. The van der Waals surface area contributed by atoms with Crippen molar-refractivity contribution in [2.75, 3.05) is 29.5 Å². The number of esters is 1. The number of carbonyl (C=O) groups excluding carboxylic acids is 3. The fourth-order valence-electron chi connectivity index (χ4n) is 4.17. The SMILES string of the molecule is CCOC(=O)CN(C(=O)OC(C)(C)C)c1cc(Cl)c(N2CC(Cc3ccc(F)cc3F)CCC2=O)c(Cl)c1. The first kappa shape index (κ1) is 29.6. The monoisotopic (exact) mass is 570 g/mol. The van der Waals surface area contributed by atoms with Gasteiger partial charge >= 0.3 is 12.1 Å². The van der Waals surface area contributed by atoms with Gasteiger partial charge in [-0.15, -0.1) is 0 Å². The van der Waals surface area contributed by atoms with E-state index in [9.17, 15) is 23.2 Å². The molecule has 0 aromatic heterocycles. The highest BCUT2D eigenvalue weighted by atomic mass is 35.5. The molecule has 11 heteroatoms. The van der Waals surface area contributed by atoms with Crippen molar-refractivity contribution in [2.45, 2.75) is 52.6 Å². The minimum atomic E-state index is -0.837. The van der Waals surface area contributed by atoms with Gasteiger partial charge in [-0.2, -0.15) is 0 Å². The van der Waals surface area contributed by atoms with Gasteiger partial charge in [0.1, 0.15) is 23.8 Å². The number of benzene rings is 2. The van der Waals surface area contributed by atoms with Gasteiger partial charge in [0, 0.05) is 19.0 Å². The van der Waals surface area contributed by atoms with Crippen molar-refractivity contribution in [2.24, 2.45) is 5.92 Å². The molecule has 1 atom stereocenters. The highest BCUT2D eigenvalue weighted by Gasteiger charge is 2.32. The molecule has 0 aliphatic carbocycles. The number of hydrogen-bond donors (Lipinski definition) is 0. The fraction of sp³-hybridized carbons (Fsp3) is 0.444. The Labute approximate surface area is 230 Å². The Morgan fingerprint density at radius 3 is 2.37 bits per heavy atom. The summed E-state index contributed by atoms with van der Waals surface area (Å²) in [5, 5.41) is 0.152. The number of hydrogen-bond acceptors (Lipinski definition) is 5. The van der Waals surface area contributed by atoms with Crippen molar-refractivity contribution in [1.29, 1.82) is 0 Å². The van der Waals surface area contributed by atoms with Crippen LogP contribution >= 0.6 is 23.2 Å². The maximum atomic E-state index is 14.2. The lowest BCUT2D eigenvalue weighted by atomic mass is 9.90. The van der Waals surface area contributed by atoms with Crippen molar-refractivity contribution in [3.05, 3.63) is 57.6 Å². The van der Waals surface area contributed by atoms with Crippen LogP contribution in [0.1, 0.15) is 46.1 Å². The highest BCUT2D eigenvalue weighted by molar-refractivity contribution is 6.40. The Kier molecular flexibility index (Phi) is 9.59. The third-order valence-corrected chi connectivity index (χ3v) is 6.40. The smallest absolute Gasteiger partial charge is 0.415 e. The Morgan fingerprint density at radius 2 is 1.79 bits per heavy atom. The summed E-state index contributed by atoms with van der Waals surface area (Å²) in [7, 11) is 0. The van der Waals surface area contributed by atoms with Crippen LogP contribution < -0.4 is 9.80 Å². The van der Waals surface area contributed by atoms with Crippen LogP contribution in [-0.2, 0) is 25.5 Å². The van der Waals surface area contributed by atoms with Crippen molar-refractivity contribution in [3.63, 3.8) is 0 Å². The Bertz CT molecular complexity index is 1200. The third-order valence-electron chi connectivity index (χ3n) is 5.82. The van der Waals surface area contributed by atoms with Crippen LogP contribution in [0, 0.1) is 17.6 Å². The molecular weight excluding hydrogens is 541 g/mol. The molecule has 2 aromatic rings. The summed E-state index contributed by atoms with van der Waals surface area (Å²) >= 11 is 13.2. The molecule has 206 valence electrons. The summed E-state index contributed by atoms with van der Waals surface area (Å²) < 4.78 is 37.9. The number of ether oxygens (including phenoxy) is 2. The van der Waals surface area contributed by atoms with Crippen LogP contribution in [0.3, 0.4) is 0 Å². The number of halogens is 4. The molecule has 7 nitrogen and oxygen atoms in total. The summed E-state index contributed by atoms with van der Waals surface area (Å²) in [4.78, 5) is 40.5.